The van der Waals surface area contributed by atoms with Gasteiger partial charge in [-0.25, -0.2) is 0 Å². The molecule has 0 unspecified atom stereocenters. The van der Waals surface area contributed by atoms with E-state index in [1.54, 1.807) is 0 Å². The number of unbranched alkanes of at least 4 members (excludes halogenated alkanes) is 22. The second-order valence-corrected chi connectivity index (χ2v) is 14.3. The lowest BCUT2D eigenvalue weighted by Gasteiger charge is -2.05. The lowest BCUT2D eigenvalue weighted by Crippen LogP contribution is -1.92. The van der Waals surface area contributed by atoms with Gasteiger partial charge in [-0.1, -0.05) is 155 Å². The topological polar surface area (TPSA) is 0 Å². The molecule has 212 valence electrons. The van der Waals surface area contributed by atoms with Crippen LogP contribution in [-0.4, -0.2) is 34.5 Å². The van der Waals surface area contributed by atoms with Crippen LogP contribution >= 0.6 is 35.3 Å². The minimum atomic E-state index is 1.36. The molecule has 0 fully saturated rings. The van der Waals surface area contributed by atoms with Crippen LogP contribution in [0.5, 0.6) is 0 Å². The summed E-state index contributed by atoms with van der Waals surface area (Å²) >= 11 is 6.57. The van der Waals surface area contributed by atoms with Crippen molar-refractivity contribution in [2.45, 2.75) is 168 Å². The van der Waals surface area contributed by atoms with Gasteiger partial charge in [-0.15, -0.1) is 0 Å². The first kappa shape index (κ1) is 36.0. The number of rotatable bonds is 32. The monoisotopic (exact) mass is 546 g/mol. The summed E-state index contributed by atoms with van der Waals surface area (Å²) in [6.45, 7) is 4.61. The van der Waals surface area contributed by atoms with Crippen LogP contribution in [0.2, 0.25) is 0 Å². The van der Waals surface area contributed by atoms with Crippen molar-refractivity contribution < 1.29 is 0 Å². The van der Waals surface area contributed by atoms with Crippen molar-refractivity contribution in [3.8, 4) is 0 Å². The number of thioether (sulfide) groups is 3. The predicted molar refractivity (Wildman–Crippen MR) is 174 cm³/mol. The highest BCUT2D eigenvalue weighted by atomic mass is 32.2. The largest absolute Gasteiger partial charge is 0.161 e. The first-order valence-corrected chi connectivity index (χ1v) is 19.6. The van der Waals surface area contributed by atoms with E-state index < -0.39 is 0 Å². The molecule has 3 heteroatoms. The Labute approximate surface area is 236 Å². The van der Waals surface area contributed by atoms with E-state index in [2.05, 4.69) is 49.1 Å². The summed E-state index contributed by atoms with van der Waals surface area (Å²) in [5, 5.41) is 0. The summed E-state index contributed by atoms with van der Waals surface area (Å²) in [5.74, 6) is 8.25. The van der Waals surface area contributed by atoms with Gasteiger partial charge in [-0.3, -0.25) is 0 Å². The van der Waals surface area contributed by atoms with E-state index in [9.17, 15) is 0 Å². The standard InChI is InChI=1S/C32H66S3/c1-3-5-7-9-11-13-15-17-19-21-23-25-27-33-29-31-35-32-30-34-28-26-24-22-20-18-16-14-12-10-8-6-4-2/h3-32H2,1-2H3. The minimum Gasteiger partial charge on any atom is -0.161 e. The molecule has 0 aliphatic carbocycles. The second-order valence-electron chi connectivity index (χ2n) is 10.6. The van der Waals surface area contributed by atoms with Crippen molar-refractivity contribution in [1.82, 2.24) is 0 Å². The molecule has 0 heterocycles. The van der Waals surface area contributed by atoms with E-state index >= 15 is 0 Å². The first-order chi connectivity index (χ1) is 17.4. The average molecular weight is 547 g/mol. The van der Waals surface area contributed by atoms with Crippen molar-refractivity contribution in [2.24, 2.45) is 0 Å². The normalized spacial score (nSPS) is 11.5. The van der Waals surface area contributed by atoms with Crippen molar-refractivity contribution in [1.29, 1.82) is 0 Å². The van der Waals surface area contributed by atoms with Crippen molar-refractivity contribution in [2.75, 3.05) is 34.5 Å². The molecule has 0 spiro atoms. The van der Waals surface area contributed by atoms with Gasteiger partial charge in [0.05, 0.1) is 0 Å². The molecular weight excluding hydrogens is 481 g/mol. The Bertz CT molecular complexity index is 316. The summed E-state index contributed by atoms with van der Waals surface area (Å²) in [7, 11) is 0. The van der Waals surface area contributed by atoms with E-state index in [1.165, 1.54) is 189 Å². The van der Waals surface area contributed by atoms with E-state index in [0.717, 1.165) is 0 Å². The third kappa shape index (κ3) is 35.0. The Morgan fingerprint density at radius 3 is 0.686 bits per heavy atom. The van der Waals surface area contributed by atoms with Crippen LogP contribution in [0.3, 0.4) is 0 Å². The van der Waals surface area contributed by atoms with E-state index in [4.69, 9.17) is 0 Å². The predicted octanol–water partition coefficient (Wildman–Crippen LogP) is 12.6. The maximum atomic E-state index is 2.30. The van der Waals surface area contributed by atoms with E-state index in [-0.39, 0.29) is 0 Å². The fourth-order valence-electron chi connectivity index (χ4n) is 4.63. The molecular formula is C32H66S3. The molecule has 0 rings (SSSR count). The second kappa shape index (κ2) is 35.0. The van der Waals surface area contributed by atoms with Crippen molar-refractivity contribution >= 4 is 35.3 Å². The molecule has 0 aromatic rings. The summed E-state index contributed by atoms with van der Waals surface area (Å²) in [6.07, 6.45) is 35.1. The van der Waals surface area contributed by atoms with Crippen LogP contribution in [0.25, 0.3) is 0 Å². The van der Waals surface area contributed by atoms with Gasteiger partial charge in [-0.05, 0) is 24.3 Å². The zero-order valence-electron chi connectivity index (χ0n) is 24.4. The molecule has 0 saturated carbocycles. The van der Waals surface area contributed by atoms with Gasteiger partial charge >= 0.3 is 0 Å². The Kier molecular flexibility index (Phi) is 36.1. The Morgan fingerprint density at radius 2 is 0.429 bits per heavy atom. The van der Waals surface area contributed by atoms with Crippen LogP contribution in [0.4, 0.5) is 0 Å². The molecule has 0 aromatic carbocycles. The molecule has 0 aliphatic heterocycles. The molecule has 0 bridgehead atoms. The van der Waals surface area contributed by atoms with Gasteiger partial charge < -0.3 is 0 Å². The van der Waals surface area contributed by atoms with Crippen molar-refractivity contribution in [3.05, 3.63) is 0 Å². The first-order valence-electron chi connectivity index (χ1n) is 16.1. The van der Waals surface area contributed by atoms with Gasteiger partial charge in [0.25, 0.3) is 0 Å². The summed E-state index contributed by atoms with van der Waals surface area (Å²) in [4.78, 5) is 0. The summed E-state index contributed by atoms with van der Waals surface area (Å²) < 4.78 is 0. The van der Waals surface area contributed by atoms with Crippen LogP contribution in [-0.2, 0) is 0 Å². The van der Waals surface area contributed by atoms with Gasteiger partial charge in [0.15, 0.2) is 0 Å². The fourth-order valence-corrected chi connectivity index (χ4v) is 7.95. The van der Waals surface area contributed by atoms with Gasteiger partial charge in [-0.2, -0.15) is 35.3 Å². The summed E-state index contributed by atoms with van der Waals surface area (Å²) in [6, 6.07) is 0. The maximum absolute atomic E-state index is 2.30. The lowest BCUT2D eigenvalue weighted by molar-refractivity contribution is 0.548. The van der Waals surface area contributed by atoms with Crippen molar-refractivity contribution in [3.63, 3.8) is 0 Å². The SMILES string of the molecule is CCCCCCCCCCCCCCSCCSCCSCCCCCCCCCCCCCC. The van der Waals surface area contributed by atoms with Crippen LogP contribution in [0.15, 0.2) is 0 Å². The number of hydrogen-bond donors (Lipinski definition) is 0. The molecule has 0 aromatic heterocycles. The van der Waals surface area contributed by atoms with Gasteiger partial charge in [0.2, 0.25) is 0 Å². The molecule has 0 N–H and O–H groups in total. The van der Waals surface area contributed by atoms with Crippen LogP contribution < -0.4 is 0 Å². The highest BCUT2D eigenvalue weighted by molar-refractivity contribution is 8.04. The van der Waals surface area contributed by atoms with E-state index in [0.29, 0.717) is 0 Å². The molecule has 35 heavy (non-hydrogen) atoms. The Morgan fingerprint density at radius 1 is 0.229 bits per heavy atom. The highest BCUT2D eigenvalue weighted by Crippen LogP contribution is 2.16. The average Bonchev–Trinajstić information content (AvgIpc) is 2.87. The molecule has 0 nitrogen and oxygen atoms in total. The number of hydrogen-bond acceptors (Lipinski definition) is 3. The Balaban J connectivity index is 3.00. The fraction of sp³-hybridized carbons (Fsp3) is 1.00. The van der Waals surface area contributed by atoms with Crippen LogP contribution in [0.1, 0.15) is 168 Å². The quantitative estimate of drug-likeness (QED) is 0.0770. The van der Waals surface area contributed by atoms with Gasteiger partial charge in [0.1, 0.15) is 0 Å². The maximum Gasteiger partial charge on any atom is 0.00238 e. The molecule has 0 radical (unpaired) electrons. The van der Waals surface area contributed by atoms with Crippen LogP contribution in [0, 0.1) is 0 Å². The molecule has 0 saturated heterocycles. The lowest BCUT2D eigenvalue weighted by atomic mass is 10.1. The van der Waals surface area contributed by atoms with E-state index in [1.807, 2.05) is 0 Å². The van der Waals surface area contributed by atoms with Gasteiger partial charge in [0, 0.05) is 23.0 Å². The third-order valence-corrected chi connectivity index (χ3v) is 10.7. The summed E-state index contributed by atoms with van der Waals surface area (Å²) in [5.41, 5.74) is 0. The Hall–Kier alpha value is 1.05. The molecule has 0 amide bonds. The minimum absolute atomic E-state index is 1.36. The zero-order valence-corrected chi connectivity index (χ0v) is 26.9. The molecule has 0 aliphatic rings. The zero-order chi connectivity index (χ0) is 25.3. The smallest absolute Gasteiger partial charge is 0.00238 e. The third-order valence-electron chi connectivity index (χ3n) is 7.03. The highest BCUT2D eigenvalue weighted by Gasteiger charge is 1.97. The molecule has 0 atom stereocenters.